The summed E-state index contributed by atoms with van der Waals surface area (Å²) in [6.07, 6.45) is -0.576. The van der Waals surface area contributed by atoms with Gasteiger partial charge in [0, 0.05) is 5.56 Å². The molecule has 5 nitrogen and oxygen atoms in total. The highest BCUT2D eigenvalue weighted by Gasteiger charge is 2.27. The largest absolute Gasteiger partial charge is 0.479 e. The predicted octanol–water partition coefficient (Wildman–Crippen LogP) is 2.04. The molecule has 0 radical (unpaired) electrons. The molecular weight excluding hydrogens is 306 g/mol. The first-order valence-corrected chi connectivity index (χ1v) is 7.86. The standard InChI is InChI=1S/C19H21NO4/c1-2-13-8-10-15(11-9-13)18(22)20-16(17(21)19(23)24)12-14-6-4-3-5-7-14/h3-11,16-17,21H,2,12H2,1H3,(H,20,22)(H,23,24)/t16-,17-/m1/s1. The van der Waals surface area contributed by atoms with E-state index < -0.39 is 24.0 Å². The number of aliphatic hydroxyl groups excluding tert-OH is 1. The van der Waals surface area contributed by atoms with Crippen molar-refractivity contribution in [2.24, 2.45) is 0 Å². The van der Waals surface area contributed by atoms with Crippen LogP contribution >= 0.6 is 0 Å². The van der Waals surface area contributed by atoms with Gasteiger partial charge in [-0.25, -0.2) is 4.79 Å². The number of aliphatic carboxylic acids is 1. The summed E-state index contributed by atoms with van der Waals surface area (Å²) in [7, 11) is 0. The van der Waals surface area contributed by atoms with E-state index >= 15 is 0 Å². The summed E-state index contributed by atoms with van der Waals surface area (Å²) >= 11 is 0. The van der Waals surface area contributed by atoms with Crippen LogP contribution in [-0.4, -0.2) is 34.2 Å². The third-order valence-corrected chi connectivity index (χ3v) is 3.87. The van der Waals surface area contributed by atoms with Gasteiger partial charge in [0.15, 0.2) is 6.10 Å². The van der Waals surface area contributed by atoms with Gasteiger partial charge in [0.2, 0.25) is 0 Å². The number of carbonyl (C=O) groups is 2. The van der Waals surface area contributed by atoms with Crippen LogP contribution in [0.25, 0.3) is 0 Å². The average Bonchev–Trinajstić information content (AvgIpc) is 2.61. The fourth-order valence-electron chi connectivity index (χ4n) is 2.43. The topological polar surface area (TPSA) is 86.6 Å². The zero-order valence-electron chi connectivity index (χ0n) is 13.5. The van der Waals surface area contributed by atoms with E-state index in [1.165, 1.54) is 0 Å². The van der Waals surface area contributed by atoms with Crippen LogP contribution in [0.5, 0.6) is 0 Å². The maximum absolute atomic E-state index is 12.4. The van der Waals surface area contributed by atoms with Crippen LogP contribution in [-0.2, 0) is 17.6 Å². The zero-order chi connectivity index (χ0) is 17.5. The van der Waals surface area contributed by atoms with E-state index in [1.807, 2.05) is 49.4 Å². The van der Waals surface area contributed by atoms with Crippen LogP contribution in [0.1, 0.15) is 28.4 Å². The second-order valence-corrected chi connectivity index (χ2v) is 5.60. The molecule has 0 saturated carbocycles. The minimum Gasteiger partial charge on any atom is -0.479 e. The highest BCUT2D eigenvalue weighted by molar-refractivity contribution is 5.94. The first kappa shape index (κ1) is 17.7. The Morgan fingerprint density at radius 1 is 1.00 bits per heavy atom. The Labute approximate surface area is 141 Å². The van der Waals surface area contributed by atoms with Crippen LogP contribution in [0.2, 0.25) is 0 Å². The van der Waals surface area contributed by atoms with E-state index in [4.69, 9.17) is 5.11 Å². The summed E-state index contributed by atoms with van der Waals surface area (Å²) in [6, 6.07) is 15.3. The van der Waals surface area contributed by atoms with Gasteiger partial charge in [-0.15, -0.1) is 0 Å². The third kappa shape index (κ3) is 4.67. The van der Waals surface area contributed by atoms with Gasteiger partial charge in [-0.1, -0.05) is 49.4 Å². The molecule has 5 heteroatoms. The Balaban J connectivity index is 2.14. The Bertz CT molecular complexity index is 682. The molecule has 0 aliphatic carbocycles. The maximum Gasteiger partial charge on any atom is 0.334 e. The smallest absolute Gasteiger partial charge is 0.334 e. The molecule has 0 fully saturated rings. The molecule has 126 valence electrons. The highest BCUT2D eigenvalue weighted by Crippen LogP contribution is 2.10. The molecule has 0 heterocycles. The Hall–Kier alpha value is -2.66. The minimum absolute atomic E-state index is 0.229. The fourth-order valence-corrected chi connectivity index (χ4v) is 2.43. The van der Waals surface area contributed by atoms with Crippen molar-refractivity contribution in [1.82, 2.24) is 5.32 Å². The van der Waals surface area contributed by atoms with Crippen LogP contribution in [0.3, 0.4) is 0 Å². The van der Waals surface area contributed by atoms with Crippen LogP contribution in [0.15, 0.2) is 54.6 Å². The quantitative estimate of drug-likeness (QED) is 0.726. The number of hydrogen-bond donors (Lipinski definition) is 3. The summed E-state index contributed by atoms with van der Waals surface area (Å²) < 4.78 is 0. The van der Waals surface area contributed by atoms with Crippen LogP contribution in [0.4, 0.5) is 0 Å². The Kier molecular flexibility index (Phi) is 6.09. The molecule has 0 aliphatic rings. The molecule has 2 rings (SSSR count). The van der Waals surface area contributed by atoms with E-state index in [0.717, 1.165) is 17.5 Å². The summed E-state index contributed by atoms with van der Waals surface area (Å²) in [5.74, 6) is -1.77. The zero-order valence-corrected chi connectivity index (χ0v) is 13.5. The second kappa shape index (κ2) is 8.26. The van der Waals surface area contributed by atoms with Crippen molar-refractivity contribution in [2.45, 2.75) is 31.9 Å². The predicted molar refractivity (Wildman–Crippen MR) is 90.9 cm³/mol. The van der Waals surface area contributed by atoms with Crippen LogP contribution < -0.4 is 5.32 Å². The molecule has 2 aromatic carbocycles. The van der Waals surface area contributed by atoms with E-state index in [-0.39, 0.29) is 6.42 Å². The number of aliphatic hydroxyl groups is 1. The molecular formula is C19H21NO4. The molecule has 0 unspecified atom stereocenters. The molecule has 0 spiro atoms. The third-order valence-electron chi connectivity index (χ3n) is 3.87. The normalized spacial score (nSPS) is 13.1. The van der Waals surface area contributed by atoms with E-state index in [0.29, 0.717) is 5.56 Å². The molecule has 2 aromatic rings. The van der Waals surface area contributed by atoms with Gasteiger partial charge in [0.05, 0.1) is 6.04 Å². The van der Waals surface area contributed by atoms with Gasteiger partial charge in [-0.3, -0.25) is 4.79 Å². The van der Waals surface area contributed by atoms with Gasteiger partial charge >= 0.3 is 5.97 Å². The molecule has 1 amide bonds. The van der Waals surface area contributed by atoms with Gasteiger partial charge in [-0.05, 0) is 36.1 Å². The molecule has 2 atom stereocenters. The number of hydrogen-bond acceptors (Lipinski definition) is 3. The van der Waals surface area contributed by atoms with Crippen molar-refractivity contribution in [3.8, 4) is 0 Å². The molecule has 0 aliphatic heterocycles. The lowest BCUT2D eigenvalue weighted by molar-refractivity contribution is -0.148. The number of carbonyl (C=O) groups excluding carboxylic acids is 1. The summed E-state index contributed by atoms with van der Waals surface area (Å²) in [6.45, 7) is 2.02. The average molecular weight is 327 g/mol. The van der Waals surface area contributed by atoms with Crippen molar-refractivity contribution < 1.29 is 19.8 Å². The number of rotatable bonds is 7. The van der Waals surface area contributed by atoms with E-state index in [9.17, 15) is 14.7 Å². The molecule has 3 N–H and O–H groups in total. The first-order chi connectivity index (χ1) is 11.5. The highest BCUT2D eigenvalue weighted by atomic mass is 16.4. The fraction of sp³-hybridized carbons (Fsp3) is 0.263. The molecule has 24 heavy (non-hydrogen) atoms. The molecule has 0 bridgehead atoms. The number of nitrogens with one attached hydrogen (secondary N) is 1. The first-order valence-electron chi connectivity index (χ1n) is 7.86. The monoisotopic (exact) mass is 327 g/mol. The summed E-state index contributed by atoms with van der Waals surface area (Å²) in [4.78, 5) is 23.5. The summed E-state index contributed by atoms with van der Waals surface area (Å²) in [5.41, 5.74) is 2.38. The van der Waals surface area contributed by atoms with E-state index in [2.05, 4.69) is 5.32 Å². The lowest BCUT2D eigenvalue weighted by atomic mass is 10.0. The number of carboxylic acids is 1. The SMILES string of the molecule is CCc1ccc(C(=O)N[C@H](Cc2ccccc2)[C@@H](O)C(=O)O)cc1. The van der Waals surface area contributed by atoms with Gasteiger partial charge in [-0.2, -0.15) is 0 Å². The number of benzene rings is 2. The van der Waals surface area contributed by atoms with Gasteiger partial charge in [0.25, 0.3) is 5.91 Å². The minimum atomic E-state index is -1.68. The van der Waals surface area contributed by atoms with Crippen molar-refractivity contribution in [3.63, 3.8) is 0 Å². The van der Waals surface area contributed by atoms with Gasteiger partial charge in [0.1, 0.15) is 0 Å². The van der Waals surface area contributed by atoms with Crippen molar-refractivity contribution in [3.05, 3.63) is 71.3 Å². The maximum atomic E-state index is 12.4. The number of amides is 1. The Morgan fingerprint density at radius 2 is 1.62 bits per heavy atom. The van der Waals surface area contributed by atoms with Crippen molar-refractivity contribution >= 4 is 11.9 Å². The lowest BCUT2D eigenvalue weighted by Crippen LogP contribution is -2.48. The Morgan fingerprint density at radius 3 is 2.17 bits per heavy atom. The van der Waals surface area contributed by atoms with Crippen molar-refractivity contribution in [2.75, 3.05) is 0 Å². The van der Waals surface area contributed by atoms with Crippen molar-refractivity contribution in [1.29, 1.82) is 0 Å². The summed E-state index contributed by atoms with van der Waals surface area (Å²) in [5, 5.41) is 21.6. The van der Waals surface area contributed by atoms with E-state index in [1.54, 1.807) is 12.1 Å². The number of carboxylic acid groups (broad SMARTS) is 1. The lowest BCUT2D eigenvalue weighted by Gasteiger charge is -2.21. The number of aryl methyl sites for hydroxylation is 1. The molecule has 0 saturated heterocycles. The van der Waals surface area contributed by atoms with Gasteiger partial charge < -0.3 is 15.5 Å². The molecule has 0 aromatic heterocycles. The second-order valence-electron chi connectivity index (χ2n) is 5.60. The van der Waals surface area contributed by atoms with Crippen LogP contribution in [0, 0.1) is 0 Å².